The van der Waals surface area contributed by atoms with Gasteiger partial charge >= 0.3 is 13.6 Å². The number of rotatable bonds is 16. The van der Waals surface area contributed by atoms with Gasteiger partial charge in [-0.15, -0.1) is 0 Å². The molecule has 0 bridgehead atoms. The Balaban J connectivity index is 1.86. The van der Waals surface area contributed by atoms with E-state index in [-0.39, 0.29) is 51.1 Å². The second kappa shape index (κ2) is 13.9. The van der Waals surface area contributed by atoms with Crippen molar-refractivity contribution < 1.29 is 32.6 Å². The molecule has 0 radical (unpaired) electrons. The van der Waals surface area contributed by atoms with Crippen LogP contribution < -0.4 is 15.2 Å². The lowest BCUT2D eigenvalue weighted by atomic mass is 10.3. The van der Waals surface area contributed by atoms with E-state index in [0.29, 0.717) is 28.3 Å². The molecule has 0 spiro atoms. The highest BCUT2D eigenvalue weighted by Crippen LogP contribution is 2.48. The number of nitrogens with two attached hydrogens (primary N) is 1. The average molecular weight is 588 g/mol. The van der Waals surface area contributed by atoms with E-state index < -0.39 is 13.7 Å². The second-order valence-electron chi connectivity index (χ2n) is 7.38. The molecule has 0 aliphatic heterocycles. The number of para-hydroxylation sites is 1. The van der Waals surface area contributed by atoms with E-state index in [1.54, 1.807) is 25.5 Å². The maximum Gasteiger partial charge on any atom is 0.356 e. The van der Waals surface area contributed by atoms with Crippen molar-refractivity contribution in [1.82, 2.24) is 19.5 Å². The monoisotopic (exact) mass is 587 g/mol. The van der Waals surface area contributed by atoms with Crippen molar-refractivity contribution in [3.63, 3.8) is 0 Å². The van der Waals surface area contributed by atoms with Crippen LogP contribution >= 0.6 is 23.5 Å². The van der Waals surface area contributed by atoms with E-state index in [2.05, 4.69) is 30.9 Å². The van der Waals surface area contributed by atoms with Gasteiger partial charge in [-0.25, -0.2) is 4.98 Å². The number of methoxy groups -OCH3 is 1. The molecule has 12 nitrogen and oxygen atoms in total. The molecule has 198 valence electrons. The van der Waals surface area contributed by atoms with Crippen LogP contribution in [0, 0.1) is 0 Å². The number of aromatic nitrogens is 4. The fourth-order valence-corrected chi connectivity index (χ4v) is 5.08. The zero-order valence-corrected chi connectivity index (χ0v) is 22.9. The number of nitrogen functional groups attached to an aromatic ring is 1. The van der Waals surface area contributed by atoms with Crippen LogP contribution in [0.2, 0.25) is 0 Å². The van der Waals surface area contributed by atoms with E-state index in [9.17, 15) is 4.57 Å². The van der Waals surface area contributed by atoms with Gasteiger partial charge in [-0.05, 0) is 41.9 Å². The first-order valence-corrected chi connectivity index (χ1v) is 13.9. The fraction of sp³-hybridized carbons (Fsp3) is 0.500. The van der Waals surface area contributed by atoms with E-state index >= 15 is 0 Å². The molecule has 0 saturated heterocycles. The highest BCUT2D eigenvalue weighted by atomic mass is 79.9. The minimum atomic E-state index is -3.44. The number of hydrogen-bond acceptors (Lipinski definition) is 11. The number of ether oxygens (including phenoxy) is 4. The van der Waals surface area contributed by atoms with Gasteiger partial charge in [0.15, 0.2) is 21.7 Å². The third-order valence-electron chi connectivity index (χ3n) is 4.76. The average Bonchev–Trinajstić information content (AvgIpc) is 3.17. The van der Waals surface area contributed by atoms with Gasteiger partial charge in [-0.2, -0.15) is 9.97 Å². The lowest BCUT2D eigenvalue weighted by Gasteiger charge is -2.23. The van der Waals surface area contributed by atoms with Gasteiger partial charge in [0.05, 0.1) is 26.4 Å². The summed E-state index contributed by atoms with van der Waals surface area (Å²) in [6.45, 7) is 4.95. The first-order valence-electron chi connectivity index (χ1n) is 11.4. The largest absolute Gasteiger partial charge is 0.491 e. The number of anilines is 1. The fourth-order valence-electron chi connectivity index (χ4n) is 3.18. The first kappa shape index (κ1) is 28.3. The Morgan fingerprint density at radius 1 is 1.06 bits per heavy atom. The highest BCUT2D eigenvalue weighted by Gasteiger charge is 2.27. The smallest absolute Gasteiger partial charge is 0.356 e. The molecule has 3 rings (SSSR count). The molecule has 1 aromatic carbocycles. The molecular weight excluding hydrogens is 557 g/mol. The van der Waals surface area contributed by atoms with E-state index in [1.807, 2.05) is 30.3 Å². The van der Waals surface area contributed by atoms with Crippen LogP contribution in [0.5, 0.6) is 11.8 Å². The Hall–Kier alpha value is -2.28. The Bertz CT molecular complexity index is 1140. The highest BCUT2D eigenvalue weighted by molar-refractivity contribution is 9.10. The van der Waals surface area contributed by atoms with Crippen LogP contribution in [0.4, 0.5) is 5.82 Å². The molecule has 0 aliphatic rings. The van der Waals surface area contributed by atoms with Crippen molar-refractivity contribution in [2.75, 3.05) is 52.2 Å². The molecule has 1 atom stereocenters. The summed E-state index contributed by atoms with van der Waals surface area (Å²) in [5.41, 5.74) is 6.95. The van der Waals surface area contributed by atoms with Gasteiger partial charge in [0.1, 0.15) is 31.4 Å². The number of fused-ring (bicyclic) bond motifs is 1. The van der Waals surface area contributed by atoms with Crippen LogP contribution in [0.25, 0.3) is 11.2 Å². The van der Waals surface area contributed by atoms with Gasteiger partial charge in [0, 0.05) is 7.11 Å². The molecule has 2 heterocycles. The topological polar surface area (TPSA) is 142 Å². The van der Waals surface area contributed by atoms with Crippen molar-refractivity contribution in [2.45, 2.75) is 26.5 Å². The van der Waals surface area contributed by atoms with Crippen molar-refractivity contribution >= 4 is 40.5 Å². The van der Waals surface area contributed by atoms with Crippen LogP contribution in [0.3, 0.4) is 0 Å². The summed E-state index contributed by atoms with van der Waals surface area (Å²) in [5.74, 6) is 0.834. The molecule has 36 heavy (non-hydrogen) atoms. The summed E-state index contributed by atoms with van der Waals surface area (Å²) in [5, 5.41) is 0. The SMILES string of the molecule is CCOP(=O)(COC(COc1ccccc1)Cn1c(Br)nc2c(N)nc(OCCOC)nc21)OCC. The standard InChI is InChI=1S/C22H31BrN5O7P/c1-4-34-36(29,35-5-2)15-33-17(14-32-16-9-7-6-8-10-16)13-28-20-18(25-21(28)23)19(24)26-22(27-20)31-12-11-30-3/h6-10,17H,4-5,11-15H2,1-3H3,(H2,24,26,27). The Kier molecular flexibility index (Phi) is 10.9. The van der Waals surface area contributed by atoms with Crippen LogP contribution in [-0.2, 0) is 29.6 Å². The van der Waals surface area contributed by atoms with E-state index in [0.717, 1.165) is 0 Å². The van der Waals surface area contributed by atoms with Crippen LogP contribution in [0.1, 0.15) is 13.8 Å². The maximum absolute atomic E-state index is 13.0. The van der Waals surface area contributed by atoms with Gasteiger partial charge in [0.2, 0.25) is 0 Å². The van der Waals surface area contributed by atoms with Gasteiger partial charge in [0.25, 0.3) is 0 Å². The summed E-state index contributed by atoms with van der Waals surface area (Å²) in [7, 11) is -1.87. The first-order chi connectivity index (χ1) is 17.4. The Morgan fingerprint density at radius 3 is 2.44 bits per heavy atom. The number of nitrogens with zero attached hydrogens (tertiary/aromatic N) is 4. The lowest BCUT2D eigenvalue weighted by Crippen LogP contribution is -2.28. The Labute approximate surface area is 218 Å². The predicted octanol–water partition coefficient (Wildman–Crippen LogP) is 3.88. The summed E-state index contributed by atoms with van der Waals surface area (Å²) in [6.07, 6.45) is -0.827. The molecule has 2 aromatic heterocycles. The minimum Gasteiger partial charge on any atom is -0.491 e. The predicted molar refractivity (Wildman–Crippen MR) is 137 cm³/mol. The summed E-state index contributed by atoms with van der Waals surface area (Å²) in [4.78, 5) is 13.1. The number of hydrogen-bond donors (Lipinski definition) is 1. The van der Waals surface area contributed by atoms with Crippen LogP contribution in [-0.4, -0.2) is 72.1 Å². The van der Waals surface area contributed by atoms with Crippen LogP contribution in [0.15, 0.2) is 35.1 Å². The zero-order valence-electron chi connectivity index (χ0n) is 20.5. The summed E-state index contributed by atoms with van der Waals surface area (Å²) >= 11 is 3.46. The third-order valence-corrected chi connectivity index (χ3v) is 7.13. The van der Waals surface area contributed by atoms with Gasteiger partial charge < -0.3 is 38.3 Å². The molecule has 0 saturated carbocycles. The quantitative estimate of drug-likeness (QED) is 0.148. The molecule has 0 fully saturated rings. The normalized spacial score (nSPS) is 12.7. The number of imidazole rings is 1. The third kappa shape index (κ3) is 7.86. The van der Waals surface area contributed by atoms with Crippen molar-refractivity contribution in [1.29, 1.82) is 0 Å². The Morgan fingerprint density at radius 2 is 1.78 bits per heavy atom. The van der Waals surface area contributed by atoms with Crippen molar-refractivity contribution in [2.24, 2.45) is 0 Å². The molecule has 0 aliphatic carbocycles. The molecule has 0 amide bonds. The molecule has 1 unspecified atom stereocenters. The summed E-state index contributed by atoms with van der Waals surface area (Å²) in [6, 6.07) is 9.40. The van der Waals surface area contributed by atoms with E-state index in [1.165, 1.54) is 0 Å². The maximum atomic E-state index is 13.0. The van der Waals surface area contributed by atoms with Gasteiger partial charge in [-0.1, -0.05) is 18.2 Å². The second-order valence-corrected chi connectivity index (χ2v) is 10.1. The molecular formula is C22H31BrN5O7P. The van der Waals surface area contributed by atoms with Gasteiger partial charge in [-0.3, -0.25) is 4.57 Å². The minimum absolute atomic E-state index is 0.0981. The lowest BCUT2D eigenvalue weighted by molar-refractivity contribution is 0.0227. The molecule has 3 aromatic rings. The summed E-state index contributed by atoms with van der Waals surface area (Å²) < 4.78 is 48.4. The van der Waals surface area contributed by atoms with Crippen molar-refractivity contribution in [3.05, 3.63) is 35.1 Å². The number of benzene rings is 1. The molecule has 2 N–H and O–H groups in total. The van der Waals surface area contributed by atoms with E-state index in [4.69, 9.17) is 33.7 Å². The van der Waals surface area contributed by atoms with Crippen molar-refractivity contribution in [3.8, 4) is 11.8 Å². The zero-order chi connectivity index (χ0) is 26.0. The molecule has 14 heteroatoms. The number of halogens is 1.